The molecule has 0 saturated heterocycles. The standard InChI is InChI=1S/C11H14ClN3O4S.ClH/c12-9-5-8(15(16)17)3-4-11(9)20(18,19)14-10(6-13)7-1-2-7;/h3-5,7,10,14H,1-2,6,13H2;1H. The summed E-state index contributed by atoms with van der Waals surface area (Å²) in [7, 11) is -3.83. The predicted octanol–water partition coefficient (Wildman–Crippen LogP) is 1.69. The molecule has 1 fully saturated rings. The van der Waals surface area contributed by atoms with E-state index in [1.54, 1.807) is 0 Å². The van der Waals surface area contributed by atoms with E-state index in [0.717, 1.165) is 31.0 Å². The fraction of sp³-hybridized carbons (Fsp3) is 0.455. The van der Waals surface area contributed by atoms with E-state index in [-0.39, 0.29) is 46.5 Å². The number of rotatable bonds is 6. The SMILES string of the molecule is Cl.NCC(NS(=O)(=O)c1ccc([N+](=O)[O-])cc1Cl)C1CC1. The van der Waals surface area contributed by atoms with Crippen LogP contribution in [-0.2, 0) is 10.0 Å². The summed E-state index contributed by atoms with van der Waals surface area (Å²) in [5, 5.41) is 10.4. The second-order valence-electron chi connectivity index (χ2n) is 4.67. The minimum Gasteiger partial charge on any atom is -0.329 e. The van der Waals surface area contributed by atoms with Crippen LogP contribution in [0.15, 0.2) is 23.1 Å². The quantitative estimate of drug-likeness (QED) is 0.594. The maximum absolute atomic E-state index is 12.2. The number of nitro groups is 1. The lowest BCUT2D eigenvalue weighted by Gasteiger charge is -2.16. The number of sulfonamides is 1. The molecule has 0 aromatic heterocycles. The monoisotopic (exact) mass is 355 g/mol. The Morgan fingerprint density at radius 2 is 2.10 bits per heavy atom. The van der Waals surface area contributed by atoms with Crippen molar-refractivity contribution >= 4 is 39.7 Å². The molecule has 1 aromatic carbocycles. The average molecular weight is 356 g/mol. The van der Waals surface area contributed by atoms with Gasteiger partial charge in [-0.15, -0.1) is 12.4 Å². The van der Waals surface area contributed by atoms with E-state index in [2.05, 4.69) is 4.72 Å². The number of hydrogen-bond donors (Lipinski definition) is 2. The summed E-state index contributed by atoms with van der Waals surface area (Å²) in [6.07, 6.45) is 1.89. The first-order chi connectivity index (χ1) is 9.35. The van der Waals surface area contributed by atoms with Gasteiger partial charge in [0.2, 0.25) is 10.0 Å². The Labute approximate surface area is 133 Å². The Bertz CT molecular complexity index is 634. The number of halogens is 2. The zero-order chi connectivity index (χ0) is 14.9. The van der Waals surface area contributed by atoms with Gasteiger partial charge < -0.3 is 5.73 Å². The van der Waals surface area contributed by atoms with Crippen LogP contribution < -0.4 is 10.5 Å². The number of nitro benzene ring substituents is 1. The molecule has 21 heavy (non-hydrogen) atoms. The lowest BCUT2D eigenvalue weighted by atomic mass is 10.2. The van der Waals surface area contributed by atoms with Crippen LogP contribution in [-0.4, -0.2) is 25.9 Å². The van der Waals surface area contributed by atoms with Crippen molar-refractivity contribution in [1.29, 1.82) is 0 Å². The molecule has 0 spiro atoms. The molecule has 1 aliphatic rings. The van der Waals surface area contributed by atoms with Crippen LogP contribution in [0.25, 0.3) is 0 Å². The van der Waals surface area contributed by atoms with E-state index >= 15 is 0 Å². The highest BCUT2D eigenvalue weighted by atomic mass is 35.5. The molecular weight excluding hydrogens is 341 g/mol. The van der Waals surface area contributed by atoms with Crippen LogP contribution in [0, 0.1) is 16.0 Å². The number of benzene rings is 1. The molecule has 1 aliphatic carbocycles. The van der Waals surface area contributed by atoms with Gasteiger partial charge in [0.15, 0.2) is 0 Å². The molecule has 7 nitrogen and oxygen atoms in total. The zero-order valence-electron chi connectivity index (χ0n) is 10.9. The smallest absolute Gasteiger partial charge is 0.271 e. The molecule has 1 aromatic rings. The summed E-state index contributed by atoms with van der Waals surface area (Å²) in [4.78, 5) is 9.79. The number of nitrogens with one attached hydrogen (secondary N) is 1. The Hall–Kier alpha value is -0.930. The summed E-state index contributed by atoms with van der Waals surface area (Å²) in [5.74, 6) is 0.256. The fourth-order valence-electron chi connectivity index (χ4n) is 1.92. The van der Waals surface area contributed by atoms with Gasteiger partial charge in [-0.3, -0.25) is 10.1 Å². The Balaban J connectivity index is 0.00000220. The number of nitrogens with two attached hydrogens (primary N) is 1. The highest BCUT2D eigenvalue weighted by molar-refractivity contribution is 7.89. The lowest BCUT2D eigenvalue weighted by Crippen LogP contribution is -2.41. The minimum absolute atomic E-state index is 0. The second-order valence-corrected chi connectivity index (χ2v) is 6.76. The summed E-state index contributed by atoms with van der Waals surface area (Å²) in [6, 6.07) is 2.93. The van der Waals surface area contributed by atoms with Gasteiger partial charge in [-0.05, 0) is 24.8 Å². The molecule has 1 atom stereocenters. The van der Waals surface area contributed by atoms with Crippen LogP contribution in [0.1, 0.15) is 12.8 Å². The summed E-state index contributed by atoms with van der Waals surface area (Å²) in [5.41, 5.74) is 5.29. The van der Waals surface area contributed by atoms with Gasteiger partial charge in [0.05, 0.1) is 9.95 Å². The maximum Gasteiger partial charge on any atom is 0.271 e. The van der Waals surface area contributed by atoms with Crippen LogP contribution in [0.3, 0.4) is 0 Å². The van der Waals surface area contributed by atoms with Crippen molar-refractivity contribution in [3.63, 3.8) is 0 Å². The van der Waals surface area contributed by atoms with Gasteiger partial charge in [0, 0.05) is 24.7 Å². The van der Waals surface area contributed by atoms with Crippen molar-refractivity contribution < 1.29 is 13.3 Å². The lowest BCUT2D eigenvalue weighted by molar-refractivity contribution is -0.384. The van der Waals surface area contributed by atoms with E-state index < -0.39 is 14.9 Å². The van der Waals surface area contributed by atoms with Crippen LogP contribution in [0.5, 0.6) is 0 Å². The molecule has 0 bridgehead atoms. The first-order valence-corrected chi connectivity index (χ1v) is 7.87. The fourth-order valence-corrected chi connectivity index (χ4v) is 3.78. The van der Waals surface area contributed by atoms with Crippen molar-refractivity contribution in [2.75, 3.05) is 6.54 Å². The molecule has 0 heterocycles. The second kappa shape index (κ2) is 6.89. The molecular formula is C11H15Cl2N3O4S. The highest BCUT2D eigenvalue weighted by Gasteiger charge is 2.34. The topological polar surface area (TPSA) is 115 Å². The normalized spacial score (nSPS) is 16.1. The van der Waals surface area contributed by atoms with Crippen molar-refractivity contribution in [3.8, 4) is 0 Å². The third-order valence-corrected chi connectivity index (χ3v) is 5.14. The number of non-ortho nitro benzene ring substituents is 1. The highest BCUT2D eigenvalue weighted by Crippen LogP contribution is 2.33. The summed E-state index contributed by atoms with van der Waals surface area (Å²) < 4.78 is 26.9. The molecule has 3 N–H and O–H groups in total. The van der Waals surface area contributed by atoms with E-state index in [0.29, 0.717) is 0 Å². The molecule has 0 radical (unpaired) electrons. The van der Waals surface area contributed by atoms with E-state index in [4.69, 9.17) is 17.3 Å². The van der Waals surface area contributed by atoms with Gasteiger partial charge in [-0.25, -0.2) is 13.1 Å². The third kappa shape index (κ3) is 4.27. The first-order valence-electron chi connectivity index (χ1n) is 6.01. The Morgan fingerprint density at radius 3 is 2.52 bits per heavy atom. The molecule has 1 unspecified atom stereocenters. The number of nitrogens with zero attached hydrogens (tertiary/aromatic N) is 1. The molecule has 10 heteroatoms. The third-order valence-electron chi connectivity index (χ3n) is 3.17. The van der Waals surface area contributed by atoms with Crippen molar-refractivity contribution in [3.05, 3.63) is 33.3 Å². The average Bonchev–Trinajstić information content (AvgIpc) is 3.19. The first kappa shape index (κ1) is 18.1. The van der Waals surface area contributed by atoms with Crippen molar-refractivity contribution in [2.24, 2.45) is 11.7 Å². The van der Waals surface area contributed by atoms with Crippen molar-refractivity contribution in [2.45, 2.75) is 23.8 Å². The summed E-state index contributed by atoms with van der Waals surface area (Å²) >= 11 is 5.82. The van der Waals surface area contributed by atoms with Gasteiger partial charge in [-0.2, -0.15) is 0 Å². The van der Waals surface area contributed by atoms with E-state index in [9.17, 15) is 18.5 Å². The minimum atomic E-state index is -3.83. The van der Waals surface area contributed by atoms with Gasteiger partial charge in [0.25, 0.3) is 5.69 Å². The van der Waals surface area contributed by atoms with E-state index in [1.807, 2.05) is 0 Å². The maximum atomic E-state index is 12.2. The molecule has 1 saturated carbocycles. The molecule has 2 rings (SSSR count). The van der Waals surface area contributed by atoms with Gasteiger partial charge in [-0.1, -0.05) is 11.6 Å². The molecule has 118 valence electrons. The summed E-state index contributed by atoms with van der Waals surface area (Å²) in [6.45, 7) is 0.203. The Kier molecular flexibility index (Phi) is 5.94. The number of hydrogen-bond acceptors (Lipinski definition) is 5. The predicted molar refractivity (Wildman–Crippen MR) is 81.2 cm³/mol. The largest absolute Gasteiger partial charge is 0.329 e. The van der Waals surface area contributed by atoms with E-state index in [1.165, 1.54) is 0 Å². The van der Waals surface area contributed by atoms with Crippen molar-refractivity contribution in [1.82, 2.24) is 4.72 Å². The van der Waals surface area contributed by atoms with Crippen LogP contribution in [0.2, 0.25) is 5.02 Å². The van der Waals surface area contributed by atoms with Crippen LogP contribution >= 0.6 is 24.0 Å². The molecule has 0 amide bonds. The zero-order valence-corrected chi connectivity index (χ0v) is 13.2. The Morgan fingerprint density at radius 1 is 1.48 bits per heavy atom. The van der Waals surface area contributed by atoms with Gasteiger partial charge in [0.1, 0.15) is 4.90 Å². The van der Waals surface area contributed by atoms with Crippen LogP contribution in [0.4, 0.5) is 5.69 Å². The van der Waals surface area contributed by atoms with Gasteiger partial charge >= 0.3 is 0 Å². The molecule has 0 aliphatic heterocycles.